The first kappa shape index (κ1) is 16.8. The van der Waals surface area contributed by atoms with E-state index in [9.17, 15) is 9.18 Å². The monoisotopic (exact) mass is 349 g/mol. The van der Waals surface area contributed by atoms with Crippen LogP contribution in [0.5, 0.6) is 0 Å². The molecule has 1 aromatic carbocycles. The van der Waals surface area contributed by atoms with Crippen LogP contribution in [0.25, 0.3) is 11.4 Å². The molecule has 0 bridgehead atoms. The molecule has 3 rings (SSSR count). The number of primary amides is 1. The number of aromatic nitrogens is 3. The van der Waals surface area contributed by atoms with Crippen LogP contribution < -0.4 is 5.73 Å². The molecule has 1 aliphatic heterocycles. The van der Waals surface area contributed by atoms with Gasteiger partial charge in [-0.3, -0.25) is 9.69 Å². The van der Waals surface area contributed by atoms with E-state index in [-0.39, 0.29) is 17.8 Å². The van der Waals surface area contributed by atoms with Crippen molar-refractivity contribution >= 4 is 18.1 Å². The lowest BCUT2D eigenvalue weighted by molar-refractivity contribution is -0.125. The molecule has 8 heteroatoms. The normalized spacial score (nSPS) is 18.7. The highest BCUT2D eigenvalue weighted by Crippen LogP contribution is 2.22. The van der Waals surface area contributed by atoms with Gasteiger partial charge in [-0.25, -0.2) is 9.07 Å². The van der Waals surface area contributed by atoms with Crippen molar-refractivity contribution in [1.29, 1.82) is 0 Å². The SMILES string of the molecule is Cn1c(-c2ccccc2F)nn(CN2CCCC[C@H]2C(N)=O)c1=S. The van der Waals surface area contributed by atoms with Crippen molar-refractivity contribution in [3.8, 4) is 11.4 Å². The summed E-state index contributed by atoms with van der Waals surface area (Å²) < 4.78 is 17.8. The number of benzene rings is 1. The number of nitrogens with two attached hydrogens (primary N) is 1. The summed E-state index contributed by atoms with van der Waals surface area (Å²) in [5.41, 5.74) is 5.90. The first-order valence-corrected chi connectivity index (χ1v) is 8.32. The van der Waals surface area contributed by atoms with Gasteiger partial charge in [0.1, 0.15) is 5.82 Å². The van der Waals surface area contributed by atoms with Gasteiger partial charge in [0.05, 0.1) is 18.3 Å². The van der Waals surface area contributed by atoms with Crippen LogP contribution in [0.3, 0.4) is 0 Å². The van der Waals surface area contributed by atoms with E-state index in [1.165, 1.54) is 6.07 Å². The number of carbonyl (C=O) groups excluding carboxylic acids is 1. The van der Waals surface area contributed by atoms with Gasteiger partial charge >= 0.3 is 0 Å². The Morgan fingerprint density at radius 3 is 2.88 bits per heavy atom. The van der Waals surface area contributed by atoms with E-state index in [1.807, 2.05) is 4.90 Å². The van der Waals surface area contributed by atoms with Gasteiger partial charge in [-0.1, -0.05) is 18.6 Å². The lowest BCUT2D eigenvalue weighted by Gasteiger charge is -2.33. The van der Waals surface area contributed by atoms with Gasteiger partial charge in [-0.15, -0.1) is 0 Å². The maximum absolute atomic E-state index is 14.1. The van der Waals surface area contributed by atoms with E-state index in [1.54, 1.807) is 34.5 Å². The maximum atomic E-state index is 14.1. The Kier molecular flexibility index (Phi) is 4.77. The smallest absolute Gasteiger partial charge is 0.234 e. The fourth-order valence-corrected chi connectivity index (χ4v) is 3.30. The summed E-state index contributed by atoms with van der Waals surface area (Å²) in [6, 6.07) is 6.15. The summed E-state index contributed by atoms with van der Waals surface area (Å²) in [6.07, 6.45) is 2.73. The molecular weight excluding hydrogens is 329 g/mol. The fraction of sp³-hybridized carbons (Fsp3) is 0.438. The average molecular weight is 349 g/mol. The van der Waals surface area contributed by atoms with Crippen molar-refractivity contribution < 1.29 is 9.18 Å². The predicted octanol–water partition coefficient (Wildman–Crippen LogP) is 2.05. The number of piperidine rings is 1. The molecule has 1 aliphatic rings. The van der Waals surface area contributed by atoms with Crippen LogP contribution in [-0.4, -0.2) is 37.7 Å². The molecule has 1 atom stereocenters. The third-order valence-electron chi connectivity index (χ3n) is 4.41. The number of rotatable bonds is 4. The highest BCUT2D eigenvalue weighted by molar-refractivity contribution is 7.71. The first-order valence-electron chi connectivity index (χ1n) is 7.91. The number of hydrogen-bond acceptors (Lipinski definition) is 4. The van der Waals surface area contributed by atoms with Gasteiger partial charge in [0.2, 0.25) is 5.91 Å². The second-order valence-electron chi connectivity index (χ2n) is 6.01. The van der Waals surface area contributed by atoms with Crippen LogP contribution in [0.15, 0.2) is 24.3 Å². The summed E-state index contributed by atoms with van der Waals surface area (Å²) in [6.45, 7) is 1.13. The Balaban J connectivity index is 1.93. The summed E-state index contributed by atoms with van der Waals surface area (Å²) in [7, 11) is 1.76. The fourth-order valence-electron chi connectivity index (χ4n) is 3.11. The number of nitrogens with zero attached hydrogens (tertiary/aromatic N) is 4. The first-order chi connectivity index (χ1) is 11.5. The minimum atomic E-state index is -0.347. The van der Waals surface area contributed by atoms with Crippen molar-refractivity contribution in [2.75, 3.05) is 6.54 Å². The Morgan fingerprint density at radius 1 is 1.42 bits per heavy atom. The van der Waals surface area contributed by atoms with Gasteiger partial charge in [0.15, 0.2) is 10.6 Å². The molecule has 0 spiro atoms. The van der Waals surface area contributed by atoms with Gasteiger partial charge in [0, 0.05) is 13.6 Å². The zero-order valence-electron chi connectivity index (χ0n) is 13.5. The predicted molar refractivity (Wildman–Crippen MR) is 91.0 cm³/mol. The van der Waals surface area contributed by atoms with E-state index >= 15 is 0 Å². The summed E-state index contributed by atoms with van der Waals surface area (Å²) >= 11 is 5.43. The minimum Gasteiger partial charge on any atom is -0.368 e. The number of amides is 1. The second-order valence-corrected chi connectivity index (χ2v) is 6.38. The van der Waals surface area contributed by atoms with Crippen LogP contribution in [0.2, 0.25) is 0 Å². The zero-order valence-corrected chi connectivity index (χ0v) is 14.3. The van der Waals surface area contributed by atoms with Crippen LogP contribution in [-0.2, 0) is 18.5 Å². The molecule has 24 heavy (non-hydrogen) atoms. The third-order valence-corrected chi connectivity index (χ3v) is 4.90. The summed E-state index contributed by atoms with van der Waals surface area (Å²) in [5, 5.41) is 4.47. The average Bonchev–Trinajstić information content (AvgIpc) is 2.84. The molecule has 0 aliphatic carbocycles. The highest BCUT2D eigenvalue weighted by Gasteiger charge is 2.27. The number of carbonyl (C=O) groups is 1. The van der Waals surface area contributed by atoms with Gasteiger partial charge < -0.3 is 10.3 Å². The van der Waals surface area contributed by atoms with Crippen LogP contribution in [0.1, 0.15) is 19.3 Å². The molecule has 2 heterocycles. The van der Waals surface area contributed by atoms with Crippen LogP contribution >= 0.6 is 12.2 Å². The van der Waals surface area contributed by atoms with E-state index in [0.29, 0.717) is 22.8 Å². The molecule has 128 valence electrons. The van der Waals surface area contributed by atoms with E-state index in [4.69, 9.17) is 18.0 Å². The number of halogens is 1. The topological polar surface area (TPSA) is 69.1 Å². The van der Waals surface area contributed by atoms with E-state index in [2.05, 4.69) is 5.10 Å². The van der Waals surface area contributed by atoms with E-state index in [0.717, 1.165) is 25.8 Å². The number of hydrogen-bond donors (Lipinski definition) is 1. The quantitative estimate of drug-likeness (QED) is 0.858. The van der Waals surface area contributed by atoms with Crippen molar-refractivity contribution in [2.45, 2.75) is 32.0 Å². The molecule has 2 N–H and O–H groups in total. The second kappa shape index (κ2) is 6.82. The Morgan fingerprint density at radius 2 is 2.17 bits per heavy atom. The minimum absolute atomic E-state index is 0.306. The van der Waals surface area contributed by atoms with Gasteiger partial charge in [0.25, 0.3) is 0 Å². The molecule has 6 nitrogen and oxygen atoms in total. The lowest BCUT2D eigenvalue weighted by atomic mass is 10.0. The molecule has 2 aromatic rings. The zero-order chi connectivity index (χ0) is 17.3. The summed E-state index contributed by atoms with van der Waals surface area (Å²) in [4.78, 5) is 13.6. The molecule has 0 unspecified atom stereocenters. The maximum Gasteiger partial charge on any atom is 0.234 e. The highest BCUT2D eigenvalue weighted by atomic mass is 32.1. The van der Waals surface area contributed by atoms with Crippen molar-refractivity contribution in [1.82, 2.24) is 19.2 Å². The van der Waals surface area contributed by atoms with Gasteiger partial charge in [-0.2, -0.15) is 5.10 Å². The van der Waals surface area contributed by atoms with Gasteiger partial charge in [-0.05, 0) is 37.2 Å². The van der Waals surface area contributed by atoms with Crippen LogP contribution in [0.4, 0.5) is 4.39 Å². The van der Waals surface area contributed by atoms with Crippen LogP contribution in [0, 0.1) is 10.6 Å². The molecule has 1 aromatic heterocycles. The Labute approximate surface area is 144 Å². The third kappa shape index (κ3) is 3.11. The van der Waals surface area contributed by atoms with Crippen molar-refractivity contribution in [2.24, 2.45) is 12.8 Å². The molecule has 0 radical (unpaired) electrons. The van der Waals surface area contributed by atoms with Crippen molar-refractivity contribution in [3.63, 3.8) is 0 Å². The molecule has 1 amide bonds. The largest absolute Gasteiger partial charge is 0.368 e. The molecule has 0 saturated carbocycles. The Bertz CT molecular complexity index is 815. The van der Waals surface area contributed by atoms with Crippen molar-refractivity contribution in [3.05, 3.63) is 34.9 Å². The lowest BCUT2D eigenvalue weighted by Crippen LogP contribution is -2.48. The number of likely N-dealkylation sites (tertiary alicyclic amines) is 1. The molecule has 1 saturated heterocycles. The molecule has 1 fully saturated rings. The summed E-state index contributed by atoms with van der Waals surface area (Å²) in [5.74, 6) is -0.210. The van der Waals surface area contributed by atoms with E-state index < -0.39 is 0 Å². The molecular formula is C16H20FN5OS. The Hall–Kier alpha value is -2.06. The standard InChI is InChI=1S/C16H20FN5OS/c1-20-15(11-6-2-3-7-12(11)17)19-22(16(20)24)10-21-9-5-4-8-13(21)14(18)23/h2-3,6-7,13H,4-5,8-10H2,1H3,(H2,18,23)/t13-/m0/s1.